The lowest BCUT2D eigenvalue weighted by Crippen LogP contribution is -2.26. The number of fused-ring (bicyclic) bond motifs is 2. The lowest BCUT2D eigenvalue weighted by Gasteiger charge is -2.17. The molecule has 2 aromatic rings. The van der Waals surface area contributed by atoms with E-state index in [0.29, 0.717) is 18.7 Å². The van der Waals surface area contributed by atoms with Crippen molar-refractivity contribution in [2.75, 3.05) is 33.3 Å². The molecule has 0 unspecified atom stereocenters. The van der Waals surface area contributed by atoms with E-state index in [1.807, 2.05) is 24.3 Å². The van der Waals surface area contributed by atoms with Gasteiger partial charge in [0.25, 0.3) is 0 Å². The number of hydrogen-bond donors (Lipinski definition) is 0. The molecule has 0 aromatic heterocycles. The Morgan fingerprint density at radius 2 is 1.93 bits per heavy atom. The Hall–Kier alpha value is -2.66. The summed E-state index contributed by atoms with van der Waals surface area (Å²) >= 11 is 0. The number of hydrogen-bond acceptors (Lipinski definition) is 5. The molecule has 0 N–H and O–H groups in total. The van der Waals surface area contributed by atoms with Crippen LogP contribution in [0.2, 0.25) is 0 Å². The van der Waals surface area contributed by atoms with Crippen molar-refractivity contribution in [2.45, 2.75) is 20.5 Å². The van der Waals surface area contributed by atoms with Crippen LogP contribution in [0.15, 0.2) is 47.5 Å². The molecule has 0 atom stereocenters. The lowest BCUT2D eigenvalue weighted by molar-refractivity contribution is 0.0600. The topological polar surface area (TPSA) is 51.1 Å². The zero-order chi connectivity index (χ0) is 19.2. The van der Waals surface area contributed by atoms with E-state index in [2.05, 4.69) is 30.9 Å². The molecule has 3 rings (SSSR count). The number of ether oxygens (including phenoxy) is 2. The van der Waals surface area contributed by atoms with Gasteiger partial charge in [0.15, 0.2) is 0 Å². The number of methoxy groups -OCH3 is 1. The fourth-order valence-electron chi connectivity index (χ4n) is 3.28. The Balaban J connectivity index is 2.04. The Morgan fingerprint density at radius 3 is 2.67 bits per heavy atom. The highest BCUT2D eigenvalue weighted by Gasteiger charge is 2.22. The van der Waals surface area contributed by atoms with Crippen molar-refractivity contribution in [3.63, 3.8) is 0 Å². The van der Waals surface area contributed by atoms with Crippen LogP contribution in [0.25, 0.3) is 0 Å². The van der Waals surface area contributed by atoms with E-state index >= 15 is 0 Å². The second-order valence-corrected chi connectivity index (χ2v) is 6.41. The maximum Gasteiger partial charge on any atom is 0.337 e. The number of carbonyl (C=O) groups is 1. The summed E-state index contributed by atoms with van der Waals surface area (Å²) in [5, 5.41) is 0. The fourth-order valence-corrected chi connectivity index (χ4v) is 3.28. The molecule has 0 spiro atoms. The highest BCUT2D eigenvalue weighted by atomic mass is 16.5. The number of rotatable bonds is 6. The highest BCUT2D eigenvalue weighted by Crippen LogP contribution is 2.30. The maximum absolute atomic E-state index is 12.0. The summed E-state index contributed by atoms with van der Waals surface area (Å²) < 4.78 is 10.9. The first-order valence-corrected chi connectivity index (χ1v) is 9.38. The van der Waals surface area contributed by atoms with E-state index in [9.17, 15) is 4.79 Å². The summed E-state index contributed by atoms with van der Waals surface area (Å²) in [7, 11) is 1.39. The van der Waals surface area contributed by atoms with Gasteiger partial charge in [-0.1, -0.05) is 38.1 Å². The Kier molecular flexibility index (Phi) is 6.24. The fraction of sp³-hybridized carbons (Fsp3) is 0.364. The molecule has 1 heterocycles. The number of likely N-dealkylation sites (N-methyl/N-ethyl adjacent to an activating group) is 1. The third-order valence-corrected chi connectivity index (χ3v) is 4.89. The Bertz CT molecular complexity index is 841. The first-order valence-electron chi connectivity index (χ1n) is 9.38. The molecule has 0 saturated carbocycles. The van der Waals surface area contributed by atoms with Crippen LogP contribution < -0.4 is 4.74 Å². The monoisotopic (exact) mass is 366 g/mol. The predicted molar refractivity (Wildman–Crippen MR) is 107 cm³/mol. The zero-order valence-corrected chi connectivity index (χ0v) is 16.2. The van der Waals surface area contributed by atoms with Gasteiger partial charge in [-0.3, -0.25) is 4.99 Å². The summed E-state index contributed by atoms with van der Waals surface area (Å²) in [5.74, 6) is 0.373. The second-order valence-electron chi connectivity index (χ2n) is 6.41. The molecule has 0 bridgehead atoms. The van der Waals surface area contributed by atoms with E-state index in [1.165, 1.54) is 7.11 Å². The van der Waals surface area contributed by atoms with Gasteiger partial charge >= 0.3 is 5.97 Å². The van der Waals surface area contributed by atoms with Crippen molar-refractivity contribution in [1.29, 1.82) is 0 Å². The van der Waals surface area contributed by atoms with E-state index in [-0.39, 0.29) is 5.97 Å². The lowest BCUT2D eigenvalue weighted by atomic mass is 9.97. The van der Waals surface area contributed by atoms with Crippen LogP contribution in [0.3, 0.4) is 0 Å². The number of aliphatic imine (C=N–C) groups is 1. The average Bonchev–Trinajstić information content (AvgIpc) is 2.87. The number of benzene rings is 2. The zero-order valence-electron chi connectivity index (χ0n) is 16.2. The third-order valence-electron chi connectivity index (χ3n) is 4.89. The quantitative estimate of drug-likeness (QED) is 0.734. The van der Waals surface area contributed by atoms with Gasteiger partial charge in [-0.05, 0) is 36.9 Å². The minimum atomic E-state index is -0.363. The molecule has 5 nitrogen and oxygen atoms in total. The van der Waals surface area contributed by atoms with E-state index in [0.717, 1.165) is 47.8 Å². The van der Waals surface area contributed by atoms with Gasteiger partial charge in [-0.2, -0.15) is 0 Å². The number of esters is 1. The molecule has 2 aromatic carbocycles. The summed E-state index contributed by atoms with van der Waals surface area (Å²) in [6.45, 7) is 8.38. The third kappa shape index (κ3) is 4.19. The molecule has 0 radical (unpaired) electrons. The summed E-state index contributed by atoms with van der Waals surface area (Å²) in [6, 6.07) is 13.5. The van der Waals surface area contributed by atoms with E-state index < -0.39 is 0 Å². The van der Waals surface area contributed by atoms with Crippen LogP contribution in [0.4, 0.5) is 0 Å². The summed E-state index contributed by atoms with van der Waals surface area (Å²) in [4.78, 5) is 19.3. The minimum Gasteiger partial charge on any atom is -0.488 e. The molecular weight excluding hydrogens is 340 g/mol. The number of carbonyl (C=O) groups excluding carboxylic acids is 1. The van der Waals surface area contributed by atoms with Crippen molar-refractivity contribution in [2.24, 2.45) is 4.99 Å². The normalized spacial score (nSPS) is 14.3. The van der Waals surface area contributed by atoms with Crippen LogP contribution in [-0.2, 0) is 11.3 Å². The van der Waals surface area contributed by atoms with Crippen LogP contribution in [0.1, 0.15) is 40.9 Å². The standard InChI is InChI=1S/C22H26N2O3/c1-4-24(5-2)13-12-23-21-18-9-7-6-8-17(18)15-27-20-11-10-16(14-19(20)21)22(25)26-3/h6-11,14H,4-5,12-13,15H2,1-3H3/b23-21+. The molecule has 1 aliphatic rings. The van der Waals surface area contributed by atoms with Crippen molar-refractivity contribution in [3.8, 4) is 5.75 Å². The van der Waals surface area contributed by atoms with Gasteiger partial charge in [0.2, 0.25) is 0 Å². The molecule has 0 amide bonds. The molecule has 0 saturated heterocycles. The van der Waals surface area contributed by atoms with Crippen LogP contribution in [0.5, 0.6) is 5.75 Å². The molecule has 5 heteroatoms. The first-order chi connectivity index (χ1) is 13.2. The Morgan fingerprint density at radius 1 is 1.15 bits per heavy atom. The largest absolute Gasteiger partial charge is 0.488 e. The maximum atomic E-state index is 12.0. The van der Waals surface area contributed by atoms with Crippen LogP contribution in [0, 0.1) is 0 Å². The molecule has 27 heavy (non-hydrogen) atoms. The van der Waals surface area contributed by atoms with E-state index in [4.69, 9.17) is 14.5 Å². The smallest absolute Gasteiger partial charge is 0.337 e. The molecular formula is C22H26N2O3. The molecule has 142 valence electrons. The van der Waals surface area contributed by atoms with Crippen LogP contribution >= 0.6 is 0 Å². The van der Waals surface area contributed by atoms with Crippen LogP contribution in [-0.4, -0.2) is 49.9 Å². The second kappa shape index (κ2) is 8.82. The van der Waals surface area contributed by atoms with Crippen molar-refractivity contribution in [1.82, 2.24) is 4.90 Å². The molecule has 0 fully saturated rings. The van der Waals surface area contributed by atoms with Crippen molar-refractivity contribution < 1.29 is 14.3 Å². The van der Waals surface area contributed by atoms with Gasteiger partial charge in [0.05, 0.1) is 24.9 Å². The Labute approximate surface area is 160 Å². The number of nitrogens with zero attached hydrogens (tertiary/aromatic N) is 2. The van der Waals surface area contributed by atoms with Gasteiger partial charge in [0, 0.05) is 17.7 Å². The van der Waals surface area contributed by atoms with Gasteiger partial charge in [-0.25, -0.2) is 4.79 Å². The first kappa shape index (κ1) is 19.1. The van der Waals surface area contributed by atoms with Crippen molar-refractivity contribution in [3.05, 3.63) is 64.7 Å². The minimum absolute atomic E-state index is 0.363. The van der Waals surface area contributed by atoms with Gasteiger partial charge < -0.3 is 14.4 Å². The predicted octanol–water partition coefficient (Wildman–Crippen LogP) is 3.54. The van der Waals surface area contributed by atoms with E-state index in [1.54, 1.807) is 6.07 Å². The van der Waals surface area contributed by atoms with Gasteiger partial charge in [0.1, 0.15) is 12.4 Å². The van der Waals surface area contributed by atoms with Gasteiger partial charge in [-0.15, -0.1) is 0 Å². The summed E-state index contributed by atoms with van der Waals surface area (Å²) in [5.41, 5.74) is 4.35. The molecule has 0 aliphatic carbocycles. The van der Waals surface area contributed by atoms with Crippen molar-refractivity contribution >= 4 is 11.7 Å². The summed E-state index contributed by atoms with van der Waals surface area (Å²) in [6.07, 6.45) is 0. The molecule has 1 aliphatic heterocycles. The average molecular weight is 366 g/mol. The highest BCUT2D eigenvalue weighted by molar-refractivity contribution is 6.16. The SMILES string of the molecule is CCN(CC)CC/N=C1\c2ccccc2COc2ccc(C(=O)OC)cc21.